The van der Waals surface area contributed by atoms with Gasteiger partial charge in [0, 0.05) is 16.7 Å². The van der Waals surface area contributed by atoms with Gasteiger partial charge in [-0.1, -0.05) is 27.7 Å². The Balaban J connectivity index is 3.45. The van der Waals surface area contributed by atoms with Crippen molar-refractivity contribution < 1.29 is 43.0 Å². The van der Waals surface area contributed by atoms with E-state index in [4.69, 9.17) is 14.2 Å². The quantitative estimate of drug-likeness (QED) is 0.269. The third kappa shape index (κ3) is 9.49. The number of alkyl carbamates (subject to hydrolysis) is 1. The first kappa shape index (κ1) is 32.1. The Morgan fingerprint density at radius 3 is 1.26 bits per heavy atom. The fraction of sp³-hybridized carbons (Fsp3) is 0.538. The van der Waals surface area contributed by atoms with E-state index in [1.807, 2.05) is 5.32 Å². The third-order valence-corrected chi connectivity index (χ3v) is 5.20. The number of carbonyl (C=O) groups excluding carboxylic acids is 6. The maximum Gasteiger partial charge on any atom is 0.414 e. The minimum Gasteiger partial charge on any atom is -0.464 e. The zero-order valence-corrected chi connectivity index (χ0v) is 22.8. The molecular weight excluding hydrogens is 498 g/mol. The second kappa shape index (κ2) is 15.3. The Bertz CT molecular complexity index is 975. The van der Waals surface area contributed by atoms with Gasteiger partial charge in [0.2, 0.25) is 0 Å². The lowest BCUT2D eigenvalue weighted by atomic mass is 10.00. The monoisotopic (exact) mass is 535 g/mol. The molecule has 0 aromatic heterocycles. The van der Waals surface area contributed by atoms with E-state index in [2.05, 4.69) is 10.6 Å². The van der Waals surface area contributed by atoms with Crippen molar-refractivity contribution in [3.05, 3.63) is 34.9 Å². The van der Waals surface area contributed by atoms with Gasteiger partial charge in [-0.2, -0.15) is 0 Å². The molecule has 210 valence electrons. The fourth-order valence-corrected chi connectivity index (χ4v) is 3.26. The lowest BCUT2D eigenvalue weighted by Crippen LogP contribution is -2.46. The normalized spacial score (nSPS) is 12.2. The second-order valence-electron chi connectivity index (χ2n) is 8.87. The molecule has 0 saturated heterocycles. The van der Waals surface area contributed by atoms with Crippen molar-refractivity contribution in [1.82, 2.24) is 16.0 Å². The van der Waals surface area contributed by atoms with Gasteiger partial charge >= 0.3 is 18.0 Å². The highest BCUT2D eigenvalue weighted by Crippen LogP contribution is 2.15. The number of amides is 4. The highest BCUT2D eigenvalue weighted by atomic mass is 16.5. The molecule has 1 aromatic rings. The smallest absolute Gasteiger partial charge is 0.414 e. The predicted molar refractivity (Wildman–Crippen MR) is 136 cm³/mol. The van der Waals surface area contributed by atoms with Crippen LogP contribution in [-0.4, -0.2) is 67.7 Å². The van der Waals surface area contributed by atoms with Crippen molar-refractivity contribution in [3.8, 4) is 0 Å². The van der Waals surface area contributed by atoms with Crippen molar-refractivity contribution in [3.63, 3.8) is 0 Å². The van der Waals surface area contributed by atoms with Crippen LogP contribution in [0.4, 0.5) is 4.79 Å². The summed E-state index contributed by atoms with van der Waals surface area (Å²) in [6.45, 7) is 11.9. The molecule has 0 spiro atoms. The predicted octanol–water partition coefficient (Wildman–Crippen LogP) is 2.21. The molecule has 1 aromatic carbocycles. The van der Waals surface area contributed by atoms with E-state index in [1.54, 1.807) is 48.5 Å². The fourth-order valence-electron chi connectivity index (χ4n) is 3.26. The van der Waals surface area contributed by atoms with E-state index < -0.39 is 47.8 Å². The molecule has 0 aliphatic carbocycles. The number of hydrogen-bond donors (Lipinski definition) is 3. The first-order valence-electron chi connectivity index (χ1n) is 12.4. The first-order chi connectivity index (χ1) is 17.9. The number of esters is 2. The summed E-state index contributed by atoms with van der Waals surface area (Å²) in [4.78, 5) is 75.4. The van der Waals surface area contributed by atoms with Crippen molar-refractivity contribution >= 4 is 35.8 Å². The minimum atomic E-state index is -1.01. The zero-order valence-electron chi connectivity index (χ0n) is 22.8. The Hall–Kier alpha value is -3.96. The molecule has 0 aliphatic rings. The Morgan fingerprint density at radius 1 is 0.605 bits per heavy atom. The van der Waals surface area contributed by atoms with Gasteiger partial charge in [0.15, 0.2) is 0 Å². The molecule has 2 atom stereocenters. The SMILES string of the molecule is CCOC(=O)NC(=O)c1cc(C(=O)NC(C(=O)OCC)C(C)C)cc(C(=O)NC(C(=O)OCC)C(C)C)c1. The summed E-state index contributed by atoms with van der Waals surface area (Å²) in [7, 11) is 0. The van der Waals surface area contributed by atoms with Crippen molar-refractivity contribution in [2.24, 2.45) is 11.8 Å². The van der Waals surface area contributed by atoms with Gasteiger partial charge in [0.25, 0.3) is 17.7 Å². The van der Waals surface area contributed by atoms with Gasteiger partial charge in [0.05, 0.1) is 19.8 Å². The number of ether oxygens (including phenoxy) is 3. The Morgan fingerprint density at radius 2 is 0.947 bits per heavy atom. The van der Waals surface area contributed by atoms with E-state index >= 15 is 0 Å². The van der Waals surface area contributed by atoms with E-state index in [-0.39, 0.29) is 48.3 Å². The van der Waals surface area contributed by atoms with Crippen LogP contribution in [0.3, 0.4) is 0 Å². The number of benzene rings is 1. The summed E-state index contributed by atoms with van der Waals surface area (Å²) >= 11 is 0. The largest absolute Gasteiger partial charge is 0.464 e. The second-order valence-corrected chi connectivity index (χ2v) is 8.87. The number of hydrogen-bond acceptors (Lipinski definition) is 9. The average molecular weight is 536 g/mol. The molecule has 3 N–H and O–H groups in total. The Labute approximate surface area is 222 Å². The van der Waals surface area contributed by atoms with Gasteiger partial charge in [-0.3, -0.25) is 19.7 Å². The summed E-state index contributed by atoms with van der Waals surface area (Å²) in [5.74, 6) is -4.38. The third-order valence-electron chi connectivity index (χ3n) is 5.20. The molecular formula is C26H37N3O9. The number of nitrogens with one attached hydrogen (secondary N) is 3. The summed E-state index contributed by atoms with van der Waals surface area (Å²) in [5.41, 5.74) is -0.483. The average Bonchev–Trinajstić information content (AvgIpc) is 2.84. The molecule has 4 amide bonds. The number of imide groups is 1. The summed E-state index contributed by atoms with van der Waals surface area (Å²) < 4.78 is 14.8. The number of rotatable bonds is 12. The van der Waals surface area contributed by atoms with Gasteiger partial charge < -0.3 is 24.8 Å². The van der Waals surface area contributed by atoms with Crippen LogP contribution >= 0.6 is 0 Å². The lowest BCUT2D eigenvalue weighted by molar-refractivity contribution is -0.147. The van der Waals surface area contributed by atoms with Crippen LogP contribution < -0.4 is 16.0 Å². The highest BCUT2D eigenvalue weighted by Gasteiger charge is 2.29. The van der Waals surface area contributed by atoms with Crippen molar-refractivity contribution in [2.75, 3.05) is 19.8 Å². The van der Waals surface area contributed by atoms with E-state index in [9.17, 15) is 28.8 Å². The molecule has 0 fully saturated rings. The molecule has 0 saturated carbocycles. The Kier molecular flexibility index (Phi) is 12.9. The number of carbonyl (C=O) groups is 6. The maximum atomic E-state index is 13.1. The molecule has 12 nitrogen and oxygen atoms in total. The topological polar surface area (TPSA) is 166 Å². The van der Waals surface area contributed by atoms with Crippen LogP contribution in [-0.2, 0) is 23.8 Å². The minimum absolute atomic E-state index is 0.0180. The molecule has 12 heteroatoms. The highest BCUT2D eigenvalue weighted by molar-refractivity contribution is 6.08. The van der Waals surface area contributed by atoms with Crippen LogP contribution in [0.25, 0.3) is 0 Å². The lowest BCUT2D eigenvalue weighted by Gasteiger charge is -2.22. The van der Waals surface area contributed by atoms with Crippen LogP contribution in [0.15, 0.2) is 18.2 Å². The van der Waals surface area contributed by atoms with Crippen LogP contribution in [0.2, 0.25) is 0 Å². The van der Waals surface area contributed by atoms with Gasteiger partial charge in [0.1, 0.15) is 12.1 Å². The zero-order chi connectivity index (χ0) is 29.0. The van der Waals surface area contributed by atoms with Gasteiger partial charge in [-0.15, -0.1) is 0 Å². The maximum absolute atomic E-state index is 13.1. The van der Waals surface area contributed by atoms with E-state index in [0.29, 0.717) is 0 Å². The molecule has 0 aliphatic heterocycles. The van der Waals surface area contributed by atoms with E-state index in [1.165, 1.54) is 6.07 Å². The molecule has 0 heterocycles. The van der Waals surface area contributed by atoms with Crippen LogP contribution in [0.5, 0.6) is 0 Å². The molecule has 1 rings (SSSR count). The standard InChI is InChI=1S/C26H37N3O9/c1-8-36-24(33)19(14(4)5)27-21(30)16-11-17(13-18(12-16)23(32)29-26(35)38-10-3)22(31)28-20(15(6)7)25(34)37-9-2/h11-15,19-20H,8-10H2,1-7H3,(H,27,30)(H,28,31)(H,29,32,35). The molecule has 0 bridgehead atoms. The van der Waals surface area contributed by atoms with Gasteiger partial charge in [-0.05, 0) is 50.8 Å². The summed E-state index contributed by atoms with van der Waals surface area (Å²) in [5, 5.41) is 7.13. The van der Waals surface area contributed by atoms with Crippen LogP contribution in [0, 0.1) is 11.8 Å². The molecule has 0 radical (unpaired) electrons. The molecule has 38 heavy (non-hydrogen) atoms. The van der Waals surface area contributed by atoms with Crippen molar-refractivity contribution in [1.29, 1.82) is 0 Å². The summed E-state index contributed by atoms with van der Waals surface area (Å²) in [6.07, 6.45) is -1.01. The van der Waals surface area contributed by atoms with Crippen molar-refractivity contribution in [2.45, 2.75) is 60.5 Å². The van der Waals surface area contributed by atoms with Crippen LogP contribution in [0.1, 0.15) is 79.5 Å². The summed E-state index contributed by atoms with van der Waals surface area (Å²) in [6, 6.07) is 1.54. The molecule has 2 unspecified atom stereocenters. The first-order valence-corrected chi connectivity index (χ1v) is 12.4. The van der Waals surface area contributed by atoms with E-state index in [0.717, 1.165) is 12.1 Å². The van der Waals surface area contributed by atoms with Gasteiger partial charge in [-0.25, -0.2) is 14.4 Å².